The molecule has 7 heteroatoms. The molecule has 0 unspecified atom stereocenters. The van der Waals surface area contributed by atoms with Crippen molar-refractivity contribution in [2.75, 3.05) is 6.61 Å². The van der Waals surface area contributed by atoms with Crippen LogP contribution < -0.4 is 10.1 Å². The summed E-state index contributed by atoms with van der Waals surface area (Å²) in [5.74, 6) is 0.668. The topological polar surface area (TPSA) is 58.6 Å². The van der Waals surface area contributed by atoms with Gasteiger partial charge in [0.2, 0.25) is 5.91 Å². The van der Waals surface area contributed by atoms with Gasteiger partial charge in [0.1, 0.15) is 11.8 Å². The summed E-state index contributed by atoms with van der Waals surface area (Å²) in [6.45, 7) is 6.26. The Morgan fingerprint density at radius 2 is 1.71 bits per heavy atom. The monoisotopic (exact) mass is 518 g/mol. The third kappa shape index (κ3) is 7.88. The second kappa shape index (κ2) is 13.2. The Balaban J connectivity index is 1.76. The molecule has 2 aromatic rings. The number of carbonyl (C=O) groups excluding carboxylic acids is 2. The highest BCUT2D eigenvalue weighted by Gasteiger charge is 2.30. The van der Waals surface area contributed by atoms with Crippen LogP contribution in [0.1, 0.15) is 76.3 Å². The summed E-state index contributed by atoms with van der Waals surface area (Å²) in [6.07, 6.45) is 5.92. The maximum atomic E-state index is 13.4. The summed E-state index contributed by atoms with van der Waals surface area (Å²) in [5, 5.41) is 4.04. The van der Waals surface area contributed by atoms with Crippen LogP contribution in [0.15, 0.2) is 42.5 Å². The molecule has 0 bridgehead atoms. The van der Waals surface area contributed by atoms with E-state index in [9.17, 15) is 9.59 Å². The fourth-order valence-corrected chi connectivity index (χ4v) is 4.80. The molecular formula is C28H36Cl2N2O3. The van der Waals surface area contributed by atoms with Crippen LogP contribution >= 0.6 is 23.2 Å². The van der Waals surface area contributed by atoms with Gasteiger partial charge in [-0.15, -0.1) is 0 Å². The van der Waals surface area contributed by atoms with Crippen LogP contribution in [-0.4, -0.2) is 35.4 Å². The molecule has 5 nitrogen and oxygen atoms in total. The molecule has 0 heterocycles. The Kier molecular flexibility index (Phi) is 10.3. The maximum absolute atomic E-state index is 13.4. The van der Waals surface area contributed by atoms with Gasteiger partial charge in [0.25, 0.3) is 5.91 Å². The lowest BCUT2D eigenvalue weighted by atomic mass is 9.95. The van der Waals surface area contributed by atoms with Crippen LogP contribution in [0.3, 0.4) is 0 Å². The maximum Gasteiger partial charge on any atom is 0.261 e. The highest BCUT2D eigenvalue weighted by atomic mass is 35.5. The molecule has 0 saturated heterocycles. The number of halogens is 2. The molecule has 1 aliphatic rings. The lowest BCUT2D eigenvalue weighted by molar-refractivity contribution is -0.143. The highest BCUT2D eigenvalue weighted by molar-refractivity contribution is 6.42. The normalized spacial score (nSPS) is 15.0. The van der Waals surface area contributed by atoms with Crippen molar-refractivity contribution in [3.63, 3.8) is 0 Å². The molecular weight excluding hydrogens is 483 g/mol. The number of hydrogen-bond acceptors (Lipinski definition) is 3. The van der Waals surface area contributed by atoms with Gasteiger partial charge in [-0.3, -0.25) is 9.59 Å². The van der Waals surface area contributed by atoms with Crippen LogP contribution in [-0.2, 0) is 16.1 Å². The predicted octanol–water partition coefficient (Wildman–Crippen LogP) is 6.75. The molecule has 2 amide bonds. The average Bonchev–Trinajstić information content (AvgIpc) is 2.85. The van der Waals surface area contributed by atoms with Crippen molar-refractivity contribution in [3.8, 4) is 5.75 Å². The molecule has 2 aromatic carbocycles. The Hall–Kier alpha value is -2.24. The van der Waals surface area contributed by atoms with Gasteiger partial charge in [0.15, 0.2) is 6.61 Å². The summed E-state index contributed by atoms with van der Waals surface area (Å²) >= 11 is 12.3. The SMILES string of the molecule is CC[C@H](C(=O)NC1CCCCC1)N(Cc1ccc(Cl)c(Cl)c1)C(=O)COc1ccc(C(C)C)cc1. The zero-order valence-corrected chi connectivity index (χ0v) is 22.4. The van der Waals surface area contributed by atoms with E-state index in [-0.39, 0.29) is 31.0 Å². The molecule has 190 valence electrons. The molecule has 1 fully saturated rings. The molecule has 3 rings (SSSR count). The number of hydrogen-bond donors (Lipinski definition) is 1. The van der Waals surface area contributed by atoms with E-state index in [1.54, 1.807) is 17.0 Å². The summed E-state index contributed by atoms with van der Waals surface area (Å²) in [6, 6.07) is 12.6. The van der Waals surface area contributed by atoms with Gasteiger partial charge >= 0.3 is 0 Å². The Morgan fingerprint density at radius 3 is 2.31 bits per heavy atom. The van der Waals surface area contributed by atoms with Gasteiger partial charge in [-0.2, -0.15) is 0 Å². The number of nitrogens with one attached hydrogen (secondary N) is 1. The van der Waals surface area contributed by atoms with Crippen molar-refractivity contribution in [1.29, 1.82) is 0 Å². The third-order valence-electron chi connectivity index (χ3n) is 6.58. The standard InChI is InChI=1S/C28H36Cl2N2O3/c1-4-26(28(34)31-22-8-6-5-7-9-22)32(17-20-10-15-24(29)25(30)16-20)27(33)18-35-23-13-11-21(12-14-23)19(2)3/h10-16,19,22,26H,4-9,17-18H2,1-3H3,(H,31,34)/t26-/m1/s1. The zero-order valence-electron chi connectivity index (χ0n) is 20.9. The summed E-state index contributed by atoms with van der Waals surface area (Å²) < 4.78 is 5.82. The minimum Gasteiger partial charge on any atom is -0.484 e. The number of benzene rings is 2. The fourth-order valence-electron chi connectivity index (χ4n) is 4.48. The zero-order chi connectivity index (χ0) is 25.4. The van der Waals surface area contributed by atoms with Crippen molar-refractivity contribution in [2.45, 2.75) is 83.8 Å². The lowest BCUT2D eigenvalue weighted by Gasteiger charge is -2.32. The molecule has 0 aliphatic heterocycles. The van der Waals surface area contributed by atoms with Gasteiger partial charge in [0, 0.05) is 12.6 Å². The Morgan fingerprint density at radius 1 is 1.03 bits per heavy atom. The van der Waals surface area contributed by atoms with Crippen molar-refractivity contribution in [1.82, 2.24) is 10.2 Å². The van der Waals surface area contributed by atoms with E-state index in [1.807, 2.05) is 37.3 Å². The van der Waals surface area contributed by atoms with Crippen LogP contribution in [0.4, 0.5) is 0 Å². The minimum atomic E-state index is -0.606. The van der Waals surface area contributed by atoms with Crippen LogP contribution in [0.5, 0.6) is 5.75 Å². The quantitative estimate of drug-likeness (QED) is 0.378. The molecule has 1 atom stereocenters. The van der Waals surface area contributed by atoms with Gasteiger partial charge < -0.3 is 15.0 Å². The summed E-state index contributed by atoms with van der Waals surface area (Å²) in [4.78, 5) is 28.3. The lowest BCUT2D eigenvalue weighted by Crippen LogP contribution is -2.52. The van der Waals surface area contributed by atoms with Crippen LogP contribution in [0.2, 0.25) is 10.0 Å². The fraction of sp³-hybridized carbons (Fsp3) is 0.500. The second-order valence-corrected chi connectivity index (χ2v) is 10.4. The predicted molar refractivity (Wildman–Crippen MR) is 142 cm³/mol. The summed E-state index contributed by atoms with van der Waals surface area (Å²) in [5.41, 5.74) is 2.01. The largest absolute Gasteiger partial charge is 0.484 e. The first-order valence-corrected chi connectivity index (χ1v) is 13.3. The van der Waals surface area contributed by atoms with Crippen molar-refractivity contribution in [3.05, 3.63) is 63.6 Å². The van der Waals surface area contributed by atoms with Crippen molar-refractivity contribution in [2.24, 2.45) is 0 Å². The smallest absolute Gasteiger partial charge is 0.261 e. The number of ether oxygens (including phenoxy) is 1. The van der Waals surface area contributed by atoms with Gasteiger partial charge in [-0.1, -0.05) is 81.4 Å². The van der Waals surface area contributed by atoms with E-state index in [1.165, 1.54) is 12.0 Å². The van der Waals surface area contributed by atoms with E-state index < -0.39 is 6.04 Å². The molecule has 0 spiro atoms. The van der Waals surface area contributed by atoms with Crippen molar-refractivity contribution < 1.29 is 14.3 Å². The first-order chi connectivity index (χ1) is 16.8. The number of carbonyl (C=O) groups is 2. The highest BCUT2D eigenvalue weighted by Crippen LogP contribution is 2.25. The first kappa shape index (κ1) is 27.3. The third-order valence-corrected chi connectivity index (χ3v) is 7.32. The number of rotatable bonds is 10. The van der Waals surface area contributed by atoms with Crippen LogP contribution in [0, 0.1) is 0 Å². The number of nitrogens with zero attached hydrogens (tertiary/aromatic N) is 1. The minimum absolute atomic E-state index is 0.117. The van der Waals surface area contributed by atoms with Crippen molar-refractivity contribution >= 4 is 35.0 Å². The summed E-state index contributed by atoms with van der Waals surface area (Å²) in [7, 11) is 0. The van der Waals surface area contributed by atoms with E-state index >= 15 is 0 Å². The average molecular weight is 520 g/mol. The molecule has 1 aliphatic carbocycles. The first-order valence-electron chi connectivity index (χ1n) is 12.5. The Bertz CT molecular complexity index is 988. The van der Waals surface area contributed by atoms with E-state index in [4.69, 9.17) is 27.9 Å². The Labute approximate surface area is 219 Å². The van der Waals surface area contributed by atoms with Gasteiger partial charge in [-0.25, -0.2) is 0 Å². The molecule has 0 radical (unpaired) electrons. The molecule has 35 heavy (non-hydrogen) atoms. The second-order valence-electron chi connectivity index (χ2n) is 9.55. The molecule has 1 saturated carbocycles. The van der Waals surface area contributed by atoms with E-state index in [0.29, 0.717) is 28.1 Å². The van der Waals surface area contributed by atoms with E-state index in [2.05, 4.69) is 19.2 Å². The molecule has 0 aromatic heterocycles. The molecule has 1 N–H and O–H groups in total. The van der Waals surface area contributed by atoms with Gasteiger partial charge in [0.05, 0.1) is 10.0 Å². The van der Waals surface area contributed by atoms with E-state index in [0.717, 1.165) is 31.2 Å². The van der Waals surface area contributed by atoms with Gasteiger partial charge in [-0.05, 0) is 60.6 Å². The van der Waals surface area contributed by atoms with Crippen LogP contribution in [0.25, 0.3) is 0 Å². The number of amides is 2.